The molecule has 0 aliphatic carbocycles. The Kier molecular flexibility index (Phi) is 4.43. The molecule has 1 unspecified atom stereocenters. The number of hydrogen-bond acceptors (Lipinski definition) is 2. The summed E-state index contributed by atoms with van der Waals surface area (Å²) < 4.78 is 0. The highest BCUT2D eigenvalue weighted by molar-refractivity contribution is 6.30. The molecule has 94 valence electrons. The van der Waals surface area contributed by atoms with E-state index in [-0.39, 0.29) is 0 Å². The topological polar surface area (TPSA) is 29.3 Å². The standard InChI is InChI=1S/C14H21ClN2/c1-11-4-5-13(15)8-14(11)12(9-16)10-17-6-2-3-7-17/h4-5,8,12H,2-3,6-7,9-10,16H2,1H3. The van der Waals surface area contributed by atoms with Crippen LogP contribution in [0, 0.1) is 6.92 Å². The second kappa shape index (κ2) is 5.85. The number of nitrogens with two attached hydrogens (primary N) is 1. The van der Waals surface area contributed by atoms with Crippen LogP contribution in [0.4, 0.5) is 0 Å². The number of likely N-dealkylation sites (tertiary alicyclic amines) is 1. The third-order valence-electron chi connectivity index (χ3n) is 3.64. The summed E-state index contributed by atoms with van der Waals surface area (Å²) in [4.78, 5) is 2.51. The second-order valence-electron chi connectivity index (χ2n) is 4.94. The van der Waals surface area contributed by atoms with Crippen LogP contribution in [0.15, 0.2) is 18.2 Å². The molecular formula is C14H21ClN2. The van der Waals surface area contributed by atoms with Crippen molar-refractivity contribution < 1.29 is 0 Å². The van der Waals surface area contributed by atoms with Crippen LogP contribution < -0.4 is 5.73 Å². The summed E-state index contributed by atoms with van der Waals surface area (Å²) in [6.45, 7) is 6.33. The van der Waals surface area contributed by atoms with Crippen LogP contribution in [0.25, 0.3) is 0 Å². The van der Waals surface area contributed by atoms with Crippen LogP contribution in [0.1, 0.15) is 29.9 Å². The quantitative estimate of drug-likeness (QED) is 0.893. The van der Waals surface area contributed by atoms with Gasteiger partial charge in [-0.05, 0) is 56.1 Å². The lowest BCUT2D eigenvalue weighted by Gasteiger charge is -2.24. The highest BCUT2D eigenvalue weighted by Crippen LogP contribution is 2.25. The first-order valence-electron chi connectivity index (χ1n) is 6.39. The molecule has 0 bridgehead atoms. The first kappa shape index (κ1) is 12.9. The van der Waals surface area contributed by atoms with E-state index < -0.39 is 0 Å². The van der Waals surface area contributed by atoms with Crippen LogP contribution in [-0.4, -0.2) is 31.1 Å². The van der Waals surface area contributed by atoms with Crippen LogP contribution in [0.3, 0.4) is 0 Å². The summed E-state index contributed by atoms with van der Waals surface area (Å²) in [6.07, 6.45) is 2.65. The van der Waals surface area contributed by atoms with E-state index in [1.165, 1.54) is 37.1 Å². The van der Waals surface area contributed by atoms with Crippen LogP contribution in [0.5, 0.6) is 0 Å². The van der Waals surface area contributed by atoms with E-state index in [0.717, 1.165) is 11.6 Å². The van der Waals surface area contributed by atoms with E-state index in [1.807, 2.05) is 6.07 Å². The van der Waals surface area contributed by atoms with Crippen LogP contribution in [-0.2, 0) is 0 Å². The zero-order chi connectivity index (χ0) is 12.3. The molecule has 0 saturated carbocycles. The molecule has 1 saturated heterocycles. The minimum absolute atomic E-state index is 0.409. The average Bonchev–Trinajstić information content (AvgIpc) is 2.82. The predicted octanol–water partition coefficient (Wildman–Crippen LogP) is 2.79. The molecule has 1 aromatic carbocycles. The Labute approximate surface area is 109 Å². The molecule has 1 aliphatic heterocycles. The number of hydrogen-bond donors (Lipinski definition) is 1. The molecule has 1 fully saturated rings. The molecule has 2 nitrogen and oxygen atoms in total. The second-order valence-corrected chi connectivity index (χ2v) is 5.38. The number of halogens is 1. The fourth-order valence-electron chi connectivity index (χ4n) is 2.63. The zero-order valence-electron chi connectivity index (χ0n) is 10.5. The Bertz CT molecular complexity index is 372. The van der Waals surface area contributed by atoms with E-state index in [4.69, 9.17) is 17.3 Å². The molecular weight excluding hydrogens is 232 g/mol. The highest BCUT2D eigenvalue weighted by atomic mass is 35.5. The molecule has 1 aromatic rings. The van der Waals surface area contributed by atoms with Crippen LogP contribution >= 0.6 is 11.6 Å². The Morgan fingerprint density at radius 1 is 1.35 bits per heavy atom. The molecule has 1 heterocycles. The number of nitrogens with zero attached hydrogens (tertiary/aromatic N) is 1. The third-order valence-corrected chi connectivity index (χ3v) is 3.88. The lowest BCUT2D eigenvalue weighted by Crippen LogP contribution is -2.29. The summed E-state index contributed by atoms with van der Waals surface area (Å²) in [5.41, 5.74) is 8.54. The van der Waals surface area contributed by atoms with Gasteiger partial charge in [0.2, 0.25) is 0 Å². The molecule has 2 N–H and O–H groups in total. The van der Waals surface area contributed by atoms with Gasteiger partial charge < -0.3 is 10.6 Å². The van der Waals surface area contributed by atoms with Gasteiger partial charge in [0.25, 0.3) is 0 Å². The van der Waals surface area contributed by atoms with Gasteiger partial charge in [0.05, 0.1) is 0 Å². The Morgan fingerprint density at radius 2 is 2.06 bits per heavy atom. The molecule has 2 rings (SSSR count). The summed E-state index contributed by atoms with van der Waals surface area (Å²) in [6, 6.07) is 6.11. The van der Waals surface area contributed by atoms with Crippen molar-refractivity contribution >= 4 is 11.6 Å². The maximum absolute atomic E-state index is 6.08. The van der Waals surface area contributed by atoms with Crippen LogP contribution in [0.2, 0.25) is 5.02 Å². The maximum atomic E-state index is 6.08. The SMILES string of the molecule is Cc1ccc(Cl)cc1C(CN)CN1CCCC1. The lowest BCUT2D eigenvalue weighted by atomic mass is 9.94. The van der Waals surface area contributed by atoms with Gasteiger partial charge in [0.15, 0.2) is 0 Å². The largest absolute Gasteiger partial charge is 0.330 e. The molecule has 1 aliphatic rings. The average molecular weight is 253 g/mol. The number of aryl methyl sites for hydroxylation is 1. The molecule has 0 aromatic heterocycles. The van der Waals surface area contributed by atoms with E-state index in [2.05, 4.69) is 24.0 Å². The van der Waals surface area contributed by atoms with Crippen molar-refractivity contribution in [3.8, 4) is 0 Å². The van der Waals surface area contributed by atoms with Crippen molar-refractivity contribution in [2.24, 2.45) is 5.73 Å². The Morgan fingerprint density at radius 3 is 2.71 bits per heavy atom. The first-order chi connectivity index (χ1) is 8.20. The molecule has 0 radical (unpaired) electrons. The smallest absolute Gasteiger partial charge is 0.0409 e. The van der Waals surface area contributed by atoms with Gasteiger partial charge >= 0.3 is 0 Å². The molecule has 17 heavy (non-hydrogen) atoms. The van der Waals surface area contributed by atoms with Gasteiger partial charge in [-0.1, -0.05) is 17.7 Å². The number of benzene rings is 1. The third kappa shape index (κ3) is 3.21. The van der Waals surface area contributed by atoms with E-state index >= 15 is 0 Å². The highest BCUT2D eigenvalue weighted by Gasteiger charge is 2.19. The first-order valence-corrected chi connectivity index (χ1v) is 6.77. The molecule has 3 heteroatoms. The maximum Gasteiger partial charge on any atom is 0.0409 e. The van der Waals surface area contributed by atoms with E-state index in [9.17, 15) is 0 Å². The minimum atomic E-state index is 0.409. The van der Waals surface area contributed by atoms with Crippen molar-refractivity contribution in [1.82, 2.24) is 4.90 Å². The Balaban J connectivity index is 2.13. The zero-order valence-corrected chi connectivity index (χ0v) is 11.2. The van der Waals surface area contributed by atoms with E-state index in [0.29, 0.717) is 12.5 Å². The van der Waals surface area contributed by atoms with Gasteiger partial charge in [0, 0.05) is 24.0 Å². The van der Waals surface area contributed by atoms with Crippen molar-refractivity contribution in [2.45, 2.75) is 25.7 Å². The van der Waals surface area contributed by atoms with Gasteiger partial charge in [-0.25, -0.2) is 0 Å². The Hall–Kier alpha value is -0.570. The fraction of sp³-hybridized carbons (Fsp3) is 0.571. The van der Waals surface area contributed by atoms with Crippen molar-refractivity contribution in [3.63, 3.8) is 0 Å². The summed E-state index contributed by atoms with van der Waals surface area (Å²) in [5, 5.41) is 0.811. The van der Waals surface area contributed by atoms with Gasteiger partial charge in [-0.2, -0.15) is 0 Å². The summed E-state index contributed by atoms with van der Waals surface area (Å²) in [5.74, 6) is 0.409. The predicted molar refractivity (Wildman–Crippen MR) is 73.7 cm³/mol. The monoisotopic (exact) mass is 252 g/mol. The molecule has 1 atom stereocenters. The van der Waals surface area contributed by atoms with E-state index in [1.54, 1.807) is 0 Å². The summed E-state index contributed by atoms with van der Waals surface area (Å²) in [7, 11) is 0. The molecule has 0 spiro atoms. The summed E-state index contributed by atoms with van der Waals surface area (Å²) >= 11 is 6.08. The van der Waals surface area contributed by atoms with Crippen molar-refractivity contribution in [1.29, 1.82) is 0 Å². The lowest BCUT2D eigenvalue weighted by molar-refractivity contribution is 0.315. The van der Waals surface area contributed by atoms with Gasteiger partial charge in [-0.3, -0.25) is 0 Å². The minimum Gasteiger partial charge on any atom is -0.330 e. The number of rotatable bonds is 4. The van der Waals surface area contributed by atoms with Gasteiger partial charge in [-0.15, -0.1) is 0 Å². The van der Waals surface area contributed by atoms with Crippen molar-refractivity contribution in [2.75, 3.05) is 26.2 Å². The molecule has 0 amide bonds. The van der Waals surface area contributed by atoms with Gasteiger partial charge in [0.1, 0.15) is 0 Å². The fourth-order valence-corrected chi connectivity index (χ4v) is 2.81. The normalized spacial score (nSPS) is 18.5. The van der Waals surface area contributed by atoms with Crippen molar-refractivity contribution in [3.05, 3.63) is 34.3 Å².